The van der Waals surface area contributed by atoms with Crippen LogP contribution in [-0.2, 0) is 14.8 Å². The first-order chi connectivity index (χ1) is 14.3. The molecule has 2 aliphatic heterocycles. The van der Waals surface area contributed by atoms with Crippen LogP contribution in [-0.4, -0.2) is 56.3 Å². The van der Waals surface area contributed by atoms with Gasteiger partial charge in [0.25, 0.3) is 0 Å². The van der Waals surface area contributed by atoms with E-state index >= 15 is 0 Å². The van der Waals surface area contributed by atoms with Crippen molar-refractivity contribution >= 4 is 21.6 Å². The average Bonchev–Trinajstić information content (AvgIpc) is 2.97. The fourth-order valence-electron chi connectivity index (χ4n) is 4.23. The molecule has 1 unspecified atom stereocenters. The van der Waals surface area contributed by atoms with Gasteiger partial charge >= 0.3 is 6.18 Å². The van der Waals surface area contributed by atoms with Crippen LogP contribution in [0.2, 0.25) is 0 Å². The summed E-state index contributed by atoms with van der Waals surface area (Å²) in [5, 5.41) is 0. The fraction of sp³-hybridized carbons (Fsp3) is 0.667. The zero-order chi connectivity index (χ0) is 23.0. The van der Waals surface area contributed by atoms with E-state index in [0.29, 0.717) is 44.6 Å². The summed E-state index contributed by atoms with van der Waals surface area (Å²) in [6.07, 6.45) is -4.79. The minimum atomic E-state index is -4.45. The van der Waals surface area contributed by atoms with Gasteiger partial charge in [-0.3, -0.25) is 4.79 Å². The Bertz CT molecular complexity index is 892. The molecule has 3 rings (SSSR count). The van der Waals surface area contributed by atoms with Crippen molar-refractivity contribution in [3.8, 4) is 5.75 Å². The number of halogens is 3. The molecule has 2 aliphatic rings. The van der Waals surface area contributed by atoms with Crippen LogP contribution in [0.4, 0.5) is 18.9 Å². The maximum atomic E-state index is 13.2. The lowest BCUT2D eigenvalue weighted by molar-refractivity contribution is -0.189. The van der Waals surface area contributed by atoms with Crippen molar-refractivity contribution in [1.29, 1.82) is 0 Å². The molecule has 174 valence electrons. The number of carbonyl (C=O) groups is 1. The van der Waals surface area contributed by atoms with Gasteiger partial charge in [-0.2, -0.15) is 13.2 Å². The largest absolute Gasteiger partial charge is 0.481 e. The van der Waals surface area contributed by atoms with E-state index in [2.05, 4.69) is 0 Å². The number of benzene rings is 1. The van der Waals surface area contributed by atoms with Crippen LogP contribution in [0.1, 0.15) is 40.0 Å². The van der Waals surface area contributed by atoms with Gasteiger partial charge in [-0.15, -0.1) is 0 Å². The number of amides is 1. The third-order valence-electron chi connectivity index (χ3n) is 6.05. The molecular formula is C21H29F3N2O4S. The molecule has 10 heteroatoms. The molecule has 6 nitrogen and oxygen atoms in total. The standard InChI is InChI=1S/C21H29F3N2O4S/c1-15(2)14-31(28,29)25-11-8-20(9-12-25)10-13-26(19(20)27)17-4-6-18(7-5-17)30-16(3)21(22,23)24/h4-7,15-16H,8-14H2,1-3H3. The number of sulfonamides is 1. The van der Waals surface area contributed by atoms with Gasteiger partial charge in [0.15, 0.2) is 6.10 Å². The summed E-state index contributed by atoms with van der Waals surface area (Å²) >= 11 is 0. The minimum absolute atomic E-state index is 0.0376. The quantitative estimate of drug-likeness (QED) is 0.645. The van der Waals surface area contributed by atoms with Crippen LogP contribution in [0, 0.1) is 11.3 Å². The fourth-order valence-corrected chi connectivity index (χ4v) is 6.02. The maximum absolute atomic E-state index is 13.2. The highest BCUT2D eigenvalue weighted by atomic mass is 32.2. The summed E-state index contributed by atoms with van der Waals surface area (Å²) in [5.74, 6) is 0.168. The number of hydrogen-bond acceptors (Lipinski definition) is 4. The summed E-state index contributed by atoms with van der Waals surface area (Å²) < 4.78 is 69.3. The van der Waals surface area contributed by atoms with Crippen LogP contribution in [0.3, 0.4) is 0 Å². The molecule has 1 atom stereocenters. The smallest absolute Gasteiger partial charge is 0.425 e. The summed E-state index contributed by atoms with van der Waals surface area (Å²) in [6, 6.07) is 6.02. The van der Waals surface area contributed by atoms with Crippen molar-refractivity contribution in [1.82, 2.24) is 4.31 Å². The zero-order valence-corrected chi connectivity index (χ0v) is 18.8. The van der Waals surface area contributed by atoms with E-state index in [1.165, 1.54) is 16.4 Å². The molecule has 1 amide bonds. The number of anilines is 1. The first kappa shape index (κ1) is 23.8. The number of carbonyl (C=O) groups excluding carboxylic acids is 1. The van der Waals surface area contributed by atoms with E-state index in [1.807, 2.05) is 13.8 Å². The van der Waals surface area contributed by atoms with Gasteiger partial charge in [0, 0.05) is 25.3 Å². The van der Waals surface area contributed by atoms with Crippen molar-refractivity contribution in [3.05, 3.63) is 24.3 Å². The van der Waals surface area contributed by atoms with E-state index in [1.54, 1.807) is 17.0 Å². The van der Waals surface area contributed by atoms with Gasteiger partial charge in [-0.05, 0) is 56.4 Å². The highest BCUT2D eigenvalue weighted by Gasteiger charge is 2.49. The third kappa shape index (κ3) is 5.16. The molecule has 1 aromatic carbocycles. The normalized spacial score (nSPS) is 21.1. The molecule has 0 radical (unpaired) electrons. The molecule has 0 aromatic heterocycles. The van der Waals surface area contributed by atoms with Crippen LogP contribution >= 0.6 is 0 Å². The van der Waals surface area contributed by atoms with Crippen LogP contribution in [0.15, 0.2) is 24.3 Å². The Balaban J connectivity index is 1.64. The first-order valence-electron chi connectivity index (χ1n) is 10.5. The second-order valence-electron chi connectivity index (χ2n) is 8.85. The Hall–Kier alpha value is -1.81. The van der Waals surface area contributed by atoms with Gasteiger partial charge in [0.05, 0.1) is 11.2 Å². The number of alkyl halides is 3. The Morgan fingerprint density at radius 3 is 2.10 bits per heavy atom. The molecule has 31 heavy (non-hydrogen) atoms. The number of hydrogen-bond donors (Lipinski definition) is 0. The van der Waals surface area contributed by atoms with Gasteiger partial charge in [-0.1, -0.05) is 13.8 Å². The second kappa shape index (κ2) is 8.61. The number of rotatable bonds is 6. The monoisotopic (exact) mass is 462 g/mol. The lowest BCUT2D eigenvalue weighted by Crippen LogP contribution is -2.47. The molecule has 0 saturated carbocycles. The predicted octanol–water partition coefficient (Wildman–Crippen LogP) is 3.82. The van der Waals surface area contributed by atoms with Crippen LogP contribution in [0.5, 0.6) is 5.75 Å². The summed E-state index contributed by atoms with van der Waals surface area (Å²) in [4.78, 5) is 14.8. The molecule has 2 fully saturated rings. The van der Waals surface area contributed by atoms with E-state index in [4.69, 9.17) is 4.74 Å². The van der Waals surface area contributed by atoms with Crippen molar-refractivity contribution in [2.45, 2.75) is 52.3 Å². The first-order valence-corrected chi connectivity index (χ1v) is 12.1. The lowest BCUT2D eigenvalue weighted by Gasteiger charge is -2.37. The predicted molar refractivity (Wildman–Crippen MR) is 111 cm³/mol. The Morgan fingerprint density at radius 2 is 1.58 bits per heavy atom. The molecule has 2 heterocycles. The van der Waals surface area contributed by atoms with Gasteiger partial charge in [0.1, 0.15) is 5.75 Å². The van der Waals surface area contributed by atoms with E-state index in [-0.39, 0.29) is 23.3 Å². The lowest BCUT2D eigenvalue weighted by atomic mass is 9.77. The molecule has 0 N–H and O–H groups in total. The third-order valence-corrected chi connectivity index (χ3v) is 8.29. The highest BCUT2D eigenvalue weighted by molar-refractivity contribution is 7.89. The molecule has 1 spiro atoms. The van der Waals surface area contributed by atoms with Crippen molar-refractivity contribution in [2.24, 2.45) is 11.3 Å². The van der Waals surface area contributed by atoms with E-state index < -0.39 is 27.7 Å². The summed E-state index contributed by atoms with van der Waals surface area (Å²) in [7, 11) is -3.32. The number of piperidine rings is 1. The summed E-state index contributed by atoms with van der Waals surface area (Å²) in [5.41, 5.74) is 0.0211. The van der Waals surface area contributed by atoms with Crippen molar-refractivity contribution in [2.75, 3.05) is 30.3 Å². The van der Waals surface area contributed by atoms with E-state index in [9.17, 15) is 26.4 Å². The van der Waals surface area contributed by atoms with Crippen molar-refractivity contribution in [3.63, 3.8) is 0 Å². The van der Waals surface area contributed by atoms with E-state index in [0.717, 1.165) is 6.92 Å². The molecule has 1 aromatic rings. The SMILES string of the molecule is CC(C)CS(=O)(=O)N1CCC2(CCN(c3ccc(OC(C)C(F)(F)F)cc3)C2=O)CC1. The molecular weight excluding hydrogens is 433 g/mol. The van der Waals surface area contributed by atoms with Crippen LogP contribution < -0.4 is 9.64 Å². The van der Waals surface area contributed by atoms with Gasteiger partial charge in [0.2, 0.25) is 15.9 Å². The maximum Gasteiger partial charge on any atom is 0.425 e. The Morgan fingerprint density at radius 1 is 1.03 bits per heavy atom. The molecule has 0 aliphatic carbocycles. The Labute approximate surface area is 181 Å². The van der Waals surface area contributed by atoms with Crippen LogP contribution in [0.25, 0.3) is 0 Å². The van der Waals surface area contributed by atoms with Gasteiger partial charge in [-0.25, -0.2) is 12.7 Å². The van der Waals surface area contributed by atoms with Gasteiger partial charge < -0.3 is 9.64 Å². The highest BCUT2D eigenvalue weighted by Crippen LogP contribution is 2.44. The second-order valence-corrected chi connectivity index (χ2v) is 10.9. The topological polar surface area (TPSA) is 66.9 Å². The minimum Gasteiger partial charge on any atom is -0.481 e. The van der Waals surface area contributed by atoms with Crippen molar-refractivity contribution < 1.29 is 31.1 Å². The Kier molecular flexibility index (Phi) is 6.63. The number of nitrogens with zero attached hydrogens (tertiary/aromatic N) is 2. The average molecular weight is 463 g/mol. The zero-order valence-electron chi connectivity index (χ0n) is 18.0. The summed E-state index contributed by atoms with van der Waals surface area (Å²) in [6.45, 7) is 5.82. The number of ether oxygens (including phenoxy) is 1. The molecule has 2 saturated heterocycles. The molecule has 0 bridgehead atoms.